The molecule has 2 aromatic rings. The van der Waals surface area contributed by atoms with Crippen LogP contribution in [0.25, 0.3) is 6.08 Å². The lowest BCUT2D eigenvalue weighted by Crippen LogP contribution is -2.48. The number of amides is 1. The Morgan fingerprint density at radius 3 is 2.60 bits per heavy atom. The first-order valence-electron chi connectivity index (χ1n) is 10.4. The van der Waals surface area contributed by atoms with Gasteiger partial charge in [0.1, 0.15) is 13.2 Å². The molecule has 1 saturated heterocycles. The number of methoxy groups -OCH3 is 1. The van der Waals surface area contributed by atoms with E-state index in [0.717, 1.165) is 44.7 Å². The lowest BCUT2D eigenvalue weighted by Gasteiger charge is -2.34. The average Bonchev–Trinajstić information content (AvgIpc) is 2.81. The van der Waals surface area contributed by atoms with Crippen molar-refractivity contribution in [3.63, 3.8) is 0 Å². The maximum atomic E-state index is 12.6. The van der Waals surface area contributed by atoms with Crippen molar-refractivity contribution in [2.24, 2.45) is 0 Å². The molecule has 6 nitrogen and oxygen atoms in total. The van der Waals surface area contributed by atoms with E-state index in [1.165, 1.54) is 5.56 Å². The first-order chi connectivity index (χ1) is 14.7. The molecule has 0 spiro atoms. The van der Waals surface area contributed by atoms with Crippen LogP contribution in [-0.2, 0) is 11.2 Å². The van der Waals surface area contributed by atoms with E-state index in [4.69, 9.17) is 14.2 Å². The van der Waals surface area contributed by atoms with Crippen LogP contribution < -0.4 is 14.2 Å². The normalized spacial score (nSPS) is 16.6. The van der Waals surface area contributed by atoms with Crippen molar-refractivity contribution in [1.82, 2.24) is 9.80 Å². The Balaban J connectivity index is 1.30. The highest BCUT2D eigenvalue weighted by Crippen LogP contribution is 2.40. The van der Waals surface area contributed by atoms with E-state index in [1.54, 1.807) is 13.2 Å². The number of piperazine rings is 1. The monoisotopic (exact) mass is 408 g/mol. The van der Waals surface area contributed by atoms with Gasteiger partial charge in [-0.3, -0.25) is 9.69 Å². The molecule has 2 aromatic carbocycles. The minimum absolute atomic E-state index is 0.0339. The highest BCUT2D eigenvalue weighted by molar-refractivity contribution is 5.92. The van der Waals surface area contributed by atoms with E-state index in [1.807, 2.05) is 29.2 Å². The molecule has 0 aromatic heterocycles. The number of fused-ring (bicyclic) bond motifs is 1. The molecular weight excluding hydrogens is 380 g/mol. The van der Waals surface area contributed by atoms with E-state index < -0.39 is 0 Å². The zero-order chi connectivity index (χ0) is 20.8. The van der Waals surface area contributed by atoms with Gasteiger partial charge in [-0.05, 0) is 35.8 Å². The first-order valence-corrected chi connectivity index (χ1v) is 10.4. The summed E-state index contributed by atoms with van der Waals surface area (Å²) < 4.78 is 16.7. The van der Waals surface area contributed by atoms with Gasteiger partial charge >= 0.3 is 0 Å². The summed E-state index contributed by atoms with van der Waals surface area (Å²) in [6.45, 7) is 5.36. The third-order valence-electron chi connectivity index (χ3n) is 5.51. The van der Waals surface area contributed by atoms with Gasteiger partial charge in [0.2, 0.25) is 11.7 Å². The molecule has 0 N–H and O–H groups in total. The van der Waals surface area contributed by atoms with Gasteiger partial charge in [0.15, 0.2) is 11.5 Å². The van der Waals surface area contributed by atoms with Crippen molar-refractivity contribution in [1.29, 1.82) is 0 Å². The predicted molar refractivity (Wildman–Crippen MR) is 116 cm³/mol. The maximum absolute atomic E-state index is 12.6. The molecule has 0 bridgehead atoms. The van der Waals surface area contributed by atoms with Crippen molar-refractivity contribution in [2.75, 3.05) is 53.0 Å². The minimum atomic E-state index is 0.0339. The number of rotatable bonds is 6. The summed E-state index contributed by atoms with van der Waals surface area (Å²) in [5.74, 6) is 1.93. The molecule has 1 fully saturated rings. The van der Waals surface area contributed by atoms with Crippen LogP contribution in [0.2, 0.25) is 0 Å². The minimum Gasteiger partial charge on any atom is -0.493 e. The third-order valence-corrected chi connectivity index (χ3v) is 5.51. The molecule has 30 heavy (non-hydrogen) atoms. The van der Waals surface area contributed by atoms with Crippen molar-refractivity contribution < 1.29 is 19.0 Å². The van der Waals surface area contributed by atoms with E-state index in [0.29, 0.717) is 30.5 Å². The van der Waals surface area contributed by atoms with Crippen LogP contribution in [0.15, 0.2) is 48.5 Å². The van der Waals surface area contributed by atoms with Gasteiger partial charge in [-0.1, -0.05) is 30.3 Å². The SMILES string of the molecule is COc1cc(/C=C/C(=O)N2CCN(CCc3ccccc3)CC2)cc2c1OCCO2. The molecule has 0 saturated carbocycles. The smallest absolute Gasteiger partial charge is 0.246 e. The second-order valence-electron chi connectivity index (χ2n) is 7.48. The summed E-state index contributed by atoms with van der Waals surface area (Å²) in [6.07, 6.45) is 4.48. The van der Waals surface area contributed by atoms with Gasteiger partial charge in [-0.2, -0.15) is 0 Å². The Morgan fingerprint density at radius 2 is 1.83 bits per heavy atom. The average molecular weight is 408 g/mol. The quantitative estimate of drug-likeness (QED) is 0.688. The second kappa shape index (κ2) is 9.67. The van der Waals surface area contributed by atoms with Gasteiger partial charge < -0.3 is 19.1 Å². The van der Waals surface area contributed by atoms with Crippen LogP contribution in [0.4, 0.5) is 0 Å². The summed E-state index contributed by atoms with van der Waals surface area (Å²) in [4.78, 5) is 17.0. The zero-order valence-electron chi connectivity index (χ0n) is 17.4. The largest absolute Gasteiger partial charge is 0.493 e. The van der Waals surface area contributed by atoms with Gasteiger partial charge in [-0.25, -0.2) is 0 Å². The first kappa shape index (κ1) is 20.3. The number of benzene rings is 2. The maximum Gasteiger partial charge on any atom is 0.246 e. The van der Waals surface area contributed by atoms with Crippen LogP contribution in [0, 0.1) is 0 Å². The van der Waals surface area contributed by atoms with E-state index >= 15 is 0 Å². The molecule has 0 aliphatic carbocycles. The fourth-order valence-corrected chi connectivity index (χ4v) is 3.79. The number of carbonyl (C=O) groups is 1. The lowest BCUT2D eigenvalue weighted by atomic mass is 10.1. The number of ether oxygens (including phenoxy) is 3. The van der Waals surface area contributed by atoms with Gasteiger partial charge in [-0.15, -0.1) is 0 Å². The summed E-state index contributed by atoms with van der Waals surface area (Å²) in [5, 5.41) is 0. The van der Waals surface area contributed by atoms with Crippen molar-refractivity contribution >= 4 is 12.0 Å². The topological polar surface area (TPSA) is 51.2 Å². The number of nitrogens with zero attached hydrogens (tertiary/aromatic N) is 2. The molecule has 158 valence electrons. The highest BCUT2D eigenvalue weighted by atomic mass is 16.6. The second-order valence-corrected chi connectivity index (χ2v) is 7.48. The number of hydrogen-bond donors (Lipinski definition) is 0. The predicted octanol–water partition coefficient (Wildman–Crippen LogP) is 2.87. The molecule has 0 unspecified atom stereocenters. The van der Waals surface area contributed by atoms with Crippen LogP contribution in [0.1, 0.15) is 11.1 Å². The Hall–Kier alpha value is -2.99. The van der Waals surface area contributed by atoms with Crippen molar-refractivity contribution in [2.45, 2.75) is 6.42 Å². The van der Waals surface area contributed by atoms with Gasteiger partial charge in [0.05, 0.1) is 7.11 Å². The van der Waals surface area contributed by atoms with E-state index in [2.05, 4.69) is 29.2 Å². The summed E-state index contributed by atoms with van der Waals surface area (Å²) in [7, 11) is 1.60. The summed E-state index contributed by atoms with van der Waals surface area (Å²) >= 11 is 0. The zero-order valence-corrected chi connectivity index (χ0v) is 17.4. The Labute approximate surface area is 177 Å². The van der Waals surface area contributed by atoms with Crippen LogP contribution >= 0.6 is 0 Å². The lowest BCUT2D eigenvalue weighted by molar-refractivity contribution is -0.127. The van der Waals surface area contributed by atoms with Gasteiger partial charge in [0.25, 0.3) is 0 Å². The molecule has 0 radical (unpaired) electrons. The Kier molecular flexibility index (Phi) is 6.54. The number of hydrogen-bond acceptors (Lipinski definition) is 5. The standard InChI is InChI=1S/C24H28N2O4/c1-28-21-17-20(18-22-24(21)30-16-15-29-22)7-8-23(27)26-13-11-25(12-14-26)10-9-19-5-3-2-4-6-19/h2-8,17-18H,9-16H2,1H3/b8-7+. The van der Waals surface area contributed by atoms with E-state index in [9.17, 15) is 4.79 Å². The number of carbonyl (C=O) groups excluding carboxylic acids is 1. The Bertz CT molecular complexity index is 872. The molecule has 2 heterocycles. The van der Waals surface area contributed by atoms with Gasteiger partial charge in [0, 0.05) is 38.8 Å². The molecule has 4 rings (SSSR count). The molecule has 2 aliphatic heterocycles. The Morgan fingerprint density at radius 1 is 1.07 bits per heavy atom. The van der Waals surface area contributed by atoms with Crippen molar-refractivity contribution in [3.05, 3.63) is 59.7 Å². The molecule has 0 atom stereocenters. The summed E-state index contributed by atoms with van der Waals surface area (Å²) in [6, 6.07) is 14.3. The molecule has 1 amide bonds. The fraction of sp³-hybridized carbons (Fsp3) is 0.375. The van der Waals surface area contributed by atoms with E-state index in [-0.39, 0.29) is 5.91 Å². The van der Waals surface area contributed by atoms with Crippen LogP contribution in [0.5, 0.6) is 17.2 Å². The third kappa shape index (κ3) is 4.94. The molecular formula is C24H28N2O4. The molecule has 2 aliphatic rings. The van der Waals surface area contributed by atoms with Crippen molar-refractivity contribution in [3.8, 4) is 17.2 Å². The fourth-order valence-electron chi connectivity index (χ4n) is 3.79. The van der Waals surface area contributed by atoms with Crippen LogP contribution in [0.3, 0.4) is 0 Å². The molecule has 6 heteroatoms. The summed E-state index contributed by atoms with van der Waals surface area (Å²) in [5.41, 5.74) is 2.21. The highest BCUT2D eigenvalue weighted by Gasteiger charge is 2.20. The van der Waals surface area contributed by atoms with Crippen LogP contribution in [-0.4, -0.2) is 68.8 Å².